The second-order valence-electron chi connectivity index (χ2n) is 4.29. The molecule has 0 amide bonds. The van der Waals surface area contributed by atoms with E-state index in [1.54, 1.807) is 6.92 Å². The van der Waals surface area contributed by atoms with E-state index in [1.807, 2.05) is 0 Å². The molecule has 2 rings (SSSR count). The van der Waals surface area contributed by atoms with Crippen LogP contribution in [0.25, 0.3) is 10.9 Å². The number of halogens is 2. The molecule has 0 saturated carbocycles. The van der Waals surface area contributed by atoms with Gasteiger partial charge in [-0.3, -0.25) is 4.79 Å². The summed E-state index contributed by atoms with van der Waals surface area (Å²) in [6.07, 6.45) is 1.06. The van der Waals surface area contributed by atoms with Crippen LogP contribution < -0.4 is 10.2 Å². The van der Waals surface area contributed by atoms with Gasteiger partial charge in [0, 0.05) is 17.6 Å². The van der Waals surface area contributed by atoms with Crippen LogP contribution in [0.1, 0.15) is 17.3 Å². The molecule has 0 unspecified atom stereocenters. The third-order valence-corrected chi connectivity index (χ3v) is 2.99. The van der Waals surface area contributed by atoms with Crippen molar-refractivity contribution >= 4 is 16.9 Å². The fourth-order valence-electron chi connectivity index (χ4n) is 2.09. The van der Waals surface area contributed by atoms with Gasteiger partial charge >= 0.3 is 5.97 Å². The summed E-state index contributed by atoms with van der Waals surface area (Å²) >= 11 is 0. The molecule has 0 aliphatic rings. The molecule has 1 aromatic carbocycles. The van der Waals surface area contributed by atoms with Crippen LogP contribution in [0.2, 0.25) is 0 Å². The molecule has 1 N–H and O–H groups in total. The molecule has 1 heterocycles. The predicted octanol–water partition coefficient (Wildman–Crippen LogP) is 2.21. The molecule has 0 atom stereocenters. The zero-order valence-corrected chi connectivity index (χ0v) is 11.2. The molecule has 0 saturated heterocycles. The van der Waals surface area contributed by atoms with Gasteiger partial charge in [0.25, 0.3) is 0 Å². The first kappa shape index (κ1) is 15.0. The molecule has 0 aliphatic carbocycles. The first-order chi connectivity index (χ1) is 9.99. The van der Waals surface area contributed by atoms with Gasteiger partial charge in [-0.1, -0.05) is 0 Å². The van der Waals surface area contributed by atoms with E-state index in [0.717, 1.165) is 12.3 Å². The largest absolute Gasteiger partial charge is 0.491 e. The normalized spacial score (nSPS) is 10.8. The number of fused-ring (bicyclic) bond motifs is 1. The van der Waals surface area contributed by atoms with Crippen molar-refractivity contribution in [2.24, 2.45) is 0 Å². The first-order valence-corrected chi connectivity index (χ1v) is 6.28. The summed E-state index contributed by atoms with van der Waals surface area (Å²) in [5, 5.41) is 8.88. The highest BCUT2D eigenvalue weighted by Gasteiger charge is 2.17. The Kier molecular flexibility index (Phi) is 4.21. The van der Waals surface area contributed by atoms with E-state index in [0.29, 0.717) is 0 Å². The summed E-state index contributed by atoms with van der Waals surface area (Å²) in [5.41, 5.74) is -1.11. The number of alkyl halides is 1. The van der Waals surface area contributed by atoms with Gasteiger partial charge in [-0.25, -0.2) is 13.6 Å². The van der Waals surface area contributed by atoms with Gasteiger partial charge in [-0.2, -0.15) is 0 Å². The molecule has 0 spiro atoms. The topological polar surface area (TPSA) is 68.5 Å². The number of aryl methyl sites for hydroxylation is 1. The maximum Gasteiger partial charge on any atom is 0.341 e. The van der Waals surface area contributed by atoms with E-state index < -0.39 is 29.5 Å². The fourth-order valence-corrected chi connectivity index (χ4v) is 2.09. The monoisotopic (exact) mass is 297 g/mol. The zero-order valence-electron chi connectivity index (χ0n) is 11.2. The number of carboxylic acids is 1. The van der Waals surface area contributed by atoms with E-state index in [9.17, 15) is 18.4 Å². The Morgan fingerprint density at radius 1 is 1.43 bits per heavy atom. The minimum atomic E-state index is -1.44. The molecule has 0 radical (unpaired) electrons. The van der Waals surface area contributed by atoms with Crippen molar-refractivity contribution in [3.8, 4) is 5.75 Å². The number of benzene rings is 1. The van der Waals surface area contributed by atoms with Crippen molar-refractivity contribution in [3.63, 3.8) is 0 Å². The van der Waals surface area contributed by atoms with Gasteiger partial charge < -0.3 is 14.4 Å². The fraction of sp³-hybridized carbons (Fsp3) is 0.286. The van der Waals surface area contributed by atoms with Gasteiger partial charge in [0.1, 0.15) is 12.2 Å². The SMILES string of the molecule is CCOc1cc2c(cc1F)c(=O)c(C(=O)O)cn2CCF. The molecule has 0 fully saturated rings. The molecular formula is C14H13F2NO4. The van der Waals surface area contributed by atoms with Gasteiger partial charge in [0.05, 0.1) is 18.7 Å². The summed E-state index contributed by atoms with van der Waals surface area (Å²) in [6.45, 7) is 1.00. The number of nitrogens with zero attached hydrogens (tertiary/aromatic N) is 1. The molecule has 5 nitrogen and oxygen atoms in total. The number of aromatic carboxylic acids is 1. The quantitative estimate of drug-likeness (QED) is 0.918. The van der Waals surface area contributed by atoms with Crippen LogP contribution in [0, 0.1) is 5.82 Å². The maximum atomic E-state index is 13.8. The van der Waals surface area contributed by atoms with Crippen molar-refractivity contribution in [1.82, 2.24) is 4.57 Å². The third-order valence-electron chi connectivity index (χ3n) is 2.99. The van der Waals surface area contributed by atoms with E-state index in [4.69, 9.17) is 9.84 Å². The van der Waals surface area contributed by atoms with Crippen LogP contribution in [0.4, 0.5) is 8.78 Å². The van der Waals surface area contributed by atoms with E-state index in [-0.39, 0.29) is 29.8 Å². The summed E-state index contributed by atoms with van der Waals surface area (Å²) in [6, 6.07) is 2.20. The van der Waals surface area contributed by atoms with Crippen LogP contribution in [-0.4, -0.2) is 28.9 Å². The second-order valence-corrected chi connectivity index (χ2v) is 4.29. The van der Waals surface area contributed by atoms with Gasteiger partial charge in [-0.05, 0) is 13.0 Å². The Balaban J connectivity index is 2.83. The molecule has 1 aromatic heterocycles. The smallest absolute Gasteiger partial charge is 0.341 e. The lowest BCUT2D eigenvalue weighted by Crippen LogP contribution is -2.19. The maximum absolute atomic E-state index is 13.8. The number of pyridine rings is 1. The summed E-state index contributed by atoms with van der Waals surface area (Å²) in [4.78, 5) is 23.1. The Bertz CT molecular complexity index is 755. The van der Waals surface area contributed by atoms with Crippen LogP contribution in [0.5, 0.6) is 5.75 Å². The summed E-state index contributed by atoms with van der Waals surface area (Å²) in [5.74, 6) is -2.28. The first-order valence-electron chi connectivity index (χ1n) is 6.28. The molecular weight excluding hydrogens is 284 g/mol. The second kappa shape index (κ2) is 5.90. The van der Waals surface area contributed by atoms with E-state index in [2.05, 4.69) is 0 Å². The van der Waals surface area contributed by atoms with Crippen molar-refractivity contribution < 1.29 is 23.4 Å². The van der Waals surface area contributed by atoms with E-state index >= 15 is 0 Å². The summed E-state index contributed by atoms with van der Waals surface area (Å²) < 4.78 is 32.8. The lowest BCUT2D eigenvalue weighted by atomic mass is 10.1. The van der Waals surface area contributed by atoms with Gasteiger partial charge in [0.15, 0.2) is 11.6 Å². The number of hydrogen-bond acceptors (Lipinski definition) is 3. The third kappa shape index (κ3) is 2.72. The molecule has 21 heavy (non-hydrogen) atoms. The van der Waals surface area contributed by atoms with Crippen molar-refractivity contribution in [2.75, 3.05) is 13.3 Å². The van der Waals surface area contributed by atoms with Crippen LogP contribution in [-0.2, 0) is 6.54 Å². The molecule has 112 valence electrons. The number of carbonyl (C=O) groups is 1. The zero-order chi connectivity index (χ0) is 15.6. The van der Waals surface area contributed by atoms with Crippen LogP contribution in [0.15, 0.2) is 23.1 Å². The average Bonchev–Trinajstić information content (AvgIpc) is 2.43. The average molecular weight is 297 g/mol. The lowest BCUT2D eigenvalue weighted by Gasteiger charge is -2.13. The number of aromatic nitrogens is 1. The van der Waals surface area contributed by atoms with Crippen molar-refractivity contribution in [1.29, 1.82) is 0 Å². The Morgan fingerprint density at radius 3 is 2.71 bits per heavy atom. The van der Waals surface area contributed by atoms with Crippen molar-refractivity contribution in [2.45, 2.75) is 13.5 Å². The highest BCUT2D eigenvalue weighted by atomic mass is 19.1. The Morgan fingerprint density at radius 2 is 2.14 bits per heavy atom. The number of ether oxygens (including phenoxy) is 1. The summed E-state index contributed by atoms with van der Waals surface area (Å²) in [7, 11) is 0. The number of rotatable bonds is 5. The minimum Gasteiger partial charge on any atom is -0.491 e. The van der Waals surface area contributed by atoms with Crippen molar-refractivity contribution in [3.05, 3.63) is 39.9 Å². The molecule has 2 aromatic rings. The molecule has 7 heteroatoms. The predicted molar refractivity (Wildman–Crippen MR) is 72.3 cm³/mol. The molecule has 0 bridgehead atoms. The minimum absolute atomic E-state index is 0.0694. The molecule has 0 aliphatic heterocycles. The van der Waals surface area contributed by atoms with Crippen LogP contribution in [0.3, 0.4) is 0 Å². The number of hydrogen-bond donors (Lipinski definition) is 1. The highest BCUT2D eigenvalue weighted by molar-refractivity contribution is 5.92. The highest BCUT2D eigenvalue weighted by Crippen LogP contribution is 2.24. The van der Waals surface area contributed by atoms with Gasteiger partial charge in [0.2, 0.25) is 5.43 Å². The van der Waals surface area contributed by atoms with Gasteiger partial charge in [-0.15, -0.1) is 0 Å². The van der Waals surface area contributed by atoms with Crippen LogP contribution >= 0.6 is 0 Å². The van der Waals surface area contributed by atoms with E-state index in [1.165, 1.54) is 10.6 Å². The lowest BCUT2D eigenvalue weighted by molar-refractivity contribution is 0.0694. The Labute approximate surface area is 118 Å². The standard InChI is InChI=1S/C14H13F2NO4/c1-2-21-12-6-11-8(5-10(12)16)13(18)9(14(19)20)7-17(11)4-3-15/h5-7H,2-4H2,1H3,(H,19,20). The number of carboxylic acid groups (broad SMARTS) is 1. The Hall–Kier alpha value is -2.44.